The lowest BCUT2D eigenvalue weighted by Gasteiger charge is -2.24. The van der Waals surface area contributed by atoms with Crippen LogP contribution in [0.15, 0.2) is 54.9 Å². The molecule has 1 saturated heterocycles. The molecular weight excluding hydrogens is 431 g/mol. The van der Waals surface area contributed by atoms with Crippen molar-refractivity contribution >= 4 is 21.6 Å². The van der Waals surface area contributed by atoms with Crippen LogP contribution < -0.4 is 4.90 Å². The summed E-state index contributed by atoms with van der Waals surface area (Å²) in [6, 6.07) is 12.4. The van der Waals surface area contributed by atoms with Crippen LogP contribution in [0.5, 0.6) is 0 Å². The average Bonchev–Trinajstić information content (AvgIpc) is 3.44. The van der Waals surface area contributed by atoms with E-state index in [9.17, 15) is 13.2 Å². The number of aryl methyl sites for hydroxylation is 1. The van der Waals surface area contributed by atoms with Crippen molar-refractivity contribution in [1.82, 2.24) is 14.1 Å². The molecule has 0 radical (unpaired) electrons. The molecule has 1 fully saturated rings. The number of halogens is 1. The third-order valence-corrected chi connectivity index (χ3v) is 7.74. The summed E-state index contributed by atoms with van der Waals surface area (Å²) in [6.07, 6.45) is 5.06. The summed E-state index contributed by atoms with van der Waals surface area (Å²) in [5, 5.41) is 4.12. The molecule has 1 spiro atoms. The van der Waals surface area contributed by atoms with Gasteiger partial charge in [0.2, 0.25) is 15.9 Å². The van der Waals surface area contributed by atoms with Gasteiger partial charge in [0.25, 0.3) is 0 Å². The molecule has 2 aromatic carbocycles. The van der Waals surface area contributed by atoms with Crippen LogP contribution in [0.2, 0.25) is 0 Å². The fourth-order valence-electron chi connectivity index (χ4n) is 4.80. The number of para-hydroxylation sites is 1. The molecular formula is C23H23FN4O3S. The van der Waals surface area contributed by atoms with E-state index < -0.39 is 21.3 Å². The minimum Gasteiger partial charge on any atom is -0.307 e. The standard InChI is InChI=1S/C23H23FN4O3S/c1-26-13-18(12-25-26)16-7-8-17(20(24)11-16)14-28-21-6-4-3-5-19(21)23(22(28)29)9-10-27(15-23)32(2,30)31/h3-8,11-13H,9-10,14-15H2,1-2H3. The predicted molar refractivity (Wildman–Crippen MR) is 119 cm³/mol. The summed E-state index contributed by atoms with van der Waals surface area (Å²) in [5.74, 6) is -0.581. The van der Waals surface area contributed by atoms with Crippen molar-refractivity contribution in [3.05, 3.63) is 71.8 Å². The first-order valence-corrected chi connectivity index (χ1v) is 12.2. The molecule has 2 aliphatic heterocycles. The van der Waals surface area contributed by atoms with E-state index in [1.54, 1.807) is 28.9 Å². The molecule has 5 rings (SSSR count). The first-order valence-electron chi connectivity index (χ1n) is 10.3. The fraction of sp³-hybridized carbons (Fsp3) is 0.304. The predicted octanol–water partition coefficient (Wildman–Crippen LogP) is 2.68. The van der Waals surface area contributed by atoms with Gasteiger partial charge in [0.05, 0.1) is 24.4 Å². The first kappa shape index (κ1) is 20.8. The van der Waals surface area contributed by atoms with Crippen LogP contribution in [-0.4, -0.2) is 47.8 Å². The van der Waals surface area contributed by atoms with Crippen LogP contribution in [0.25, 0.3) is 11.1 Å². The number of carbonyl (C=O) groups is 1. The molecule has 9 heteroatoms. The molecule has 166 valence electrons. The first-order chi connectivity index (χ1) is 15.2. The third-order valence-electron chi connectivity index (χ3n) is 6.49. The Bertz CT molecular complexity index is 1340. The van der Waals surface area contributed by atoms with Crippen LogP contribution in [0.3, 0.4) is 0 Å². The topological polar surface area (TPSA) is 75.5 Å². The Hall–Kier alpha value is -3.04. The Labute approximate surface area is 186 Å². The highest BCUT2D eigenvalue weighted by Crippen LogP contribution is 2.48. The highest BCUT2D eigenvalue weighted by Gasteiger charge is 2.55. The lowest BCUT2D eigenvalue weighted by Crippen LogP contribution is -2.43. The molecule has 1 amide bonds. The lowest BCUT2D eigenvalue weighted by atomic mass is 9.81. The van der Waals surface area contributed by atoms with Crippen LogP contribution >= 0.6 is 0 Å². The van der Waals surface area contributed by atoms with E-state index in [2.05, 4.69) is 5.10 Å². The van der Waals surface area contributed by atoms with Crippen LogP contribution in [0.4, 0.5) is 10.1 Å². The number of fused-ring (bicyclic) bond motifs is 2. The molecule has 0 saturated carbocycles. The smallest absolute Gasteiger partial charge is 0.239 e. The van der Waals surface area contributed by atoms with Crippen molar-refractivity contribution in [3.63, 3.8) is 0 Å². The molecule has 0 aliphatic carbocycles. The summed E-state index contributed by atoms with van der Waals surface area (Å²) in [7, 11) is -1.61. The van der Waals surface area contributed by atoms with E-state index in [0.29, 0.717) is 29.8 Å². The average molecular weight is 455 g/mol. The summed E-state index contributed by atoms with van der Waals surface area (Å²) in [4.78, 5) is 15.2. The van der Waals surface area contributed by atoms with Gasteiger partial charge in [-0.2, -0.15) is 5.10 Å². The van der Waals surface area contributed by atoms with E-state index in [1.807, 2.05) is 36.5 Å². The van der Waals surface area contributed by atoms with E-state index >= 15 is 4.39 Å². The van der Waals surface area contributed by atoms with Gasteiger partial charge in [0.15, 0.2) is 0 Å². The van der Waals surface area contributed by atoms with E-state index in [0.717, 1.165) is 17.4 Å². The minimum absolute atomic E-state index is 0.0790. The maximum absolute atomic E-state index is 15.0. The van der Waals surface area contributed by atoms with Crippen LogP contribution in [0, 0.1) is 5.82 Å². The molecule has 7 nitrogen and oxygen atoms in total. The van der Waals surface area contributed by atoms with Gasteiger partial charge in [-0.25, -0.2) is 17.1 Å². The Morgan fingerprint density at radius 2 is 1.94 bits per heavy atom. The number of rotatable bonds is 4. The normalized spacial score (nSPS) is 21.0. The highest BCUT2D eigenvalue weighted by molar-refractivity contribution is 7.88. The fourth-order valence-corrected chi connectivity index (χ4v) is 5.68. The number of carbonyl (C=O) groups excluding carboxylic acids is 1. The van der Waals surface area contributed by atoms with Crippen molar-refractivity contribution in [2.75, 3.05) is 24.2 Å². The van der Waals surface area contributed by atoms with E-state index in [1.165, 1.54) is 10.4 Å². The van der Waals surface area contributed by atoms with Crippen molar-refractivity contribution in [2.45, 2.75) is 18.4 Å². The largest absolute Gasteiger partial charge is 0.307 e. The maximum Gasteiger partial charge on any atom is 0.239 e. The number of hydrogen-bond acceptors (Lipinski definition) is 4. The van der Waals surface area contributed by atoms with Gasteiger partial charge < -0.3 is 4.90 Å². The number of hydrogen-bond donors (Lipinski definition) is 0. The van der Waals surface area contributed by atoms with Gasteiger partial charge in [-0.1, -0.05) is 30.3 Å². The SMILES string of the molecule is Cn1cc(-c2ccc(CN3C(=O)C4(CCN(S(C)(=O)=O)C4)c4ccccc43)c(F)c2)cn1. The van der Waals surface area contributed by atoms with Crippen molar-refractivity contribution in [3.8, 4) is 11.1 Å². The van der Waals surface area contributed by atoms with Crippen molar-refractivity contribution in [2.24, 2.45) is 7.05 Å². The van der Waals surface area contributed by atoms with E-state index in [-0.39, 0.29) is 19.0 Å². The third kappa shape index (κ3) is 3.23. The van der Waals surface area contributed by atoms with Gasteiger partial charge in [0.1, 0.15) is 5.82 Å². The second-order valence-electron chi connectivity index (χ2n) is 8.55. The van der Waals surface area contributed by atoms with Gasteiger partial charge in [0, 0.05) is 43.1 Å². The number of benzene rings is 2. The number of sulfonamides is 1. The number of aromatic nitrogens is 2. The summed E-state index contributed by atoms with van der Waals surface area (Å²) >= 11 is 0. The zero-order valence-corrected chi connectivity index (χ0v) is 18.6. The second kappa shape index (κ2) is 7.25. The Kier molecular flexibility index (Phi) is 4.72. The molecule has 1 unspecified atom stereocenters. The van der Waals surface area contributed by atoms with Gasteiger partial charge in [-0.15, -0.1) is 0 Å². The van der Waals surface area contributed by atoms with Gasteiger partial charge in [-0.05, 0) is 29.7 Å². The van der Waals surface area contributed by atoms with Crippen molar-refractivity contribution in [1.29, 1.82) is 0 Å². The molecule has 32 heavy (non-hydrogen) atoms. The quantitative estimate of drug-likeness (QED) is 0.608. The Balaban J connectivity index is 1.48. The summed E-state index contributed by atoms with van der Waals surface area (Å²) in [6.45, 7) is 0.483. The highest BCUT2D eigenvalue weighted by atomic mass is 32.2. The summed E-state index contributed by atoms with van der Waals surface area (Å²) < 4.78 is 42.3. The molecule has 2 aliphatic rings. The molecule has 0 N–H and O–H groups in total. The Morgan fingerprint density at radius 1 is 1.16 bits per heavy atom. The Morgan fingerprint density at radius 3 is 2.59 bits per heavy atom. The van der Waals surface area contributed by atoms with Gasteiger partial charge in [-0.3, -0.25) is 9.48 Å². The lowest BCUT2D eigenvalue weighted by molar-refractivity contribution is -0.122. The monoisotopic (exact) mass is 454 g/mol. The van der Waals surface area contributed by atoms with Gasteiger partial charge >= 0.3 is 0 Å². The maximum atomic E-state index is 15.0. The van der Waals surface area contributed by atoms with E-state index in [4.69, 9.17) is 0 Å². The molecule has 0 bridgehead atoms. The van der Waals surface area contributed by atoms with Crippen LogP contribution in [-0.2, 0) is 33.8 Å². The van der Waals surface area contributed by atoms with Crippen LogP contribution in [0.1, 0.15) is 17.5 Å². The molecule has 1 atom stereocenters. The zero-order valence-electron chi connectivity index (χ0n) is 17.8. The number of nitrogens with zero attached hydrogens (tertiary/aromatic N) is 4. The molecule has 3 aromatic rings. The minimum atomic E-state index is -3.41. The number of amides is 1. The molecule has 1 aromatic heterocycles. The van der Waals surface area contributed by atoms with Crippen molar-refractivity contribution < 1.29 is 17.6 Å². The molecule has 3 heterocycles. The zero-order chi connectivity index (χ0) is 22.7. The second-order valence-corrected chi connectivity index (χ2v) is 10.5. The summed E-state index contributed by atoms with van der Waals surface area (Å²) in [5.41, 5.74) is 2.52. The number of anilines is 1.